The van der Waals surface area contributed by atoms with Crippen LogP contribution in [0.5, 0.6) is 0 Å². The first-order chi connectivity index (χ1) is 12.9. The fourth-order valence-electron chi connectivity index (χ4n) is 6.90. The average molecular weight is 404 g/mol. The van der Waals surface area contributed by atoms with Gasteiger partial charge < -0.3 is 9.74 Å². The Kier molecular flexibility index (Phi) is 4.75. The molecule has 3 fully saturated rings. The molecule has 2 saturated carbocycles. The zero-order valence-corrected chi connectivity index (χ0v) is 20.2. The maximum atomic E-state index is 12.6. The van der Waals surface area contributed by atoms with Crippen LogP contribution in [0.4, 0.5) is 0 Å². The third kappa shape index (κ3) is 2.96. The first kappa shape index (κ1) is 20.7. The van der Waals surface area contributed by atoms with Crippen LogP contribution in [0.25, 0.3) is 0 Å². The summed E-state index contributed by atoms with van der Waals surface area (Å²) in [7, 11) is -1.95. The largest absolute Gasteiger partial charge is 0.412 e. The van der Waals surface area contributed by atoms with Crippen LogP contribution >= 0.6 is 0 Å². The third-order valence-electron chi connectivity index (χ3n) is 9.72. The van der Waals surface area contributed by atoms with Crippen LogP contribution < -0.4 is 5.32 Å². The number of rotatable bonds is 2. The van der Waals surface area contributed by atoms with Gasteiger partial charge in [0.15, 0.2) is 8.32 Å². The van der Waals surface area contributed by atoms with E-state index in [2.05, 4.69) is 59.1 Å². The molecule has 4 aliphatic rings. The van der Waals surface area contributed by atoms with Crippen LogP contribution in [0.2, 0.25) is 18.1 Å². The summed E-state index contributed by atoms with van der Waals surface area (Å²) in [6.07, 6.45) is 10.9. The maximum Gasteiger partial charge on any atom is 0.226 e. The van der Waals surface area contributed by atoms with Gasteiger partial charge in [-0.25, -0.2) is 0 Å². The van der Waals surface area contributed by atoms with Gasteiger partial charge in [-0.05, 0) is 73.4 Å². The van der Waals surface area contributed by atoms with Crippen LogP contribution in [0.15, 0.2) is 11.8 Å². The first-order valence-corrected chi connectivity index (χ1v) is 14.5. The van der Waals surface area contributed by atoms with E-state index in [4.69, 9.17) is 4.43 Å². The molecule has 1 aliphatic heterocycles. The monoisotopic (exact) mass is 403 g/mol. The zero-order chi connectivity index (χ0) is 20.5. The summed E-state index contributed by atoms with van der Waals surface area (Å²) >= 11 is 0. The van der Waals surface area contributed by atoms with E-state index in [1.807, 2.05) is 0 Å². The van der Waals surface area contributed by atoms with Gasteiger partial charge in [-0.15, -0.1) is 0 Å². The molecule has 6 atom stereocenters. The van der Waals surface area contributed by atoms with E-state index in [0.29, 0.717) is 17.8 Å². The van der Waals surface area contributed by atoms with E-state index >= 15 is 0 Å². The molecule has 1 unspecified atom stereocenters. The highest BCUT2D eigenvalue weighted by molar-refractivity contribution is 6.74. The smallest absolute Gasteiger partial charge is 0.226 e. The summed E-state index contributed by atoms with van der Waals surface area (Å²) in [6, 6.07) is 0. The zero-order valence-electron chi connectivity index (χ0n) is 19.2. The highest BCUT2D eigenvalue weighted by Gasteiger charge is 2.60. The van der Waals surface area contributed by atoms with E-state index in [1.165, 1.54) is 37.8 Å². The second-order valence-electron chi connectivity index (χ2n) is 12.2. The molecule has 158 valence electrons. The maximum absolute atomic E-state index is 12.6. The molecule has 1 heterocycles. The van der Waals surface area contributed by atoms with Gasteiger partial charge >= 0.3 is 0 Å². The molecule has 28 heavy (non-hydrogen) atoms. The van der Waals surface area contributed by atoms with Gasteiger partial charge in [-0.3, -0.25) is 4.79 Å². The average Bonchev–Trinajstić information content (AvgIpc) is 2.96. The molecule has 0 spiro atoms. The predicted octanol–water partition coefficient (Wildman–Crippen LogP) is 6.02. The Hall–Kier alpha value is -0.613. The molecule has 1 N–H and O–H groups in total. The summed E-state index contributed by atoms with van der Waals surface area (Å²) in [6.45, 7) is 16.5. The Balaban J connectivity index is 1.70. The standard InChI is InChI=1S/C24H41NO2Si/c1-22(2,3)28(6,7)27-20-15-21(26)25-19-11-10-16-17-9-8-13-23(17,4)14-12-18(16)24(19,20)5/h11,16-18,20H,8-10,12-15H2,1-7H3,(H,25,26)/t16-,17-,18-,20?,23-,24+/m0/s1. The number of allylic oxidation sites excluding steroid dienone is 1. The number of amides is 1. The van der Waals surface area contributed by atoms with Crippen LogP contribution in [0.1, 0.15) is 79.6 Å². The number of hydrogen-bond donors (Lipinski definition) is 1. The minimum absolute atomic E-state index is 0.0203. The van der Waals surface area contributed by atoms with Crippen molar-refractivity contribution in [2.75, 3.05) is 0 Å². The van der Waals surface area contributed by atoms with Crippen molar-refractivity contribution in [3.8, 4) is 0 Å². The van der Waals surface area contributed by atoms with Gasteiger partial charge in [0.05, 0.1) is 12.5 Å². The molecule has 0 radical (unpaired) electrons. The van der Waals surface area contributed by atoms with E-state index in [1.54, 1.807) is 0 Å². The van der Waals surface area contributed by atoms with Gasteiger partial charge in [0.2, 0.25) is 5.91 Å². The number of hydrogen-bond acceptors (Lipinski definition) is 2. The molecule has 4 rings (SSSR count). The molecule has 0 bridgehead atoms. The molecule has 4 heteroatoms. The first-order valence-electron chi connectivity index (χ1n) is 11.6. The van der Waals surface area contributed by atoms with Crippen LogP contribution in [0.3, 0.4) is 0 Å². The van der Waals surface area contributed by atoms with Crippen molar-refractivity contribution in [2.45, 2.75) is 104 Å². The lowest BCUT2D eigenvalue weighted by Crippen LogP contribution is -2.61. The minimum atomic E-state index is -1.95. The molecule has 0 aromatic carbocycles. The van der Waals surface area contributed by atoms with Gasteiger partial charge in [0.25, 0.3) is 0 Å². The minimum Gasteiger partial charge on any atom is -0.412 e. The lowest BCUT2D eigenvalue weighted by Gasteiger charge is -2.59. The molecule has 0 aromatic rings. The van der Waals surface area contributed by atoms with Gasteiger partial charge in [-0.1, -0.05) is 47.1 Å². The fraction of sp³-hybridized carbons (Fsp3) is 0.875. The lowest BCUT2D eigenvalue weighted by atomic mass is 9.49. The van der Waals surface area contributed by atoms with Crippen molar-refractivity contribution >= 4 is 14.2 Å². The van der Waals surface area contributed by atoms with Crippen molar-refractivity contribution in [3.63, 3.8) is 0 Å². The van der Waals surface area contributed by atoms with Crippen molar-refractivity contribution in [3.05, 3.63) is 11.8 Å². The Morgan fingerprint density at radius 1 is 1.14 bits per heavy atom. The molecule has 1 amide bonds. The normalized spacial score (nSPS) is 43.5. The molecule has 3 aliphatic carbocycles. The molecular formula is C24H41NO2Si. The topological polar surface area (TPSA) is 38.3 Å². The van der Waals surface area contributed by atoms with E-state index in [9.17, 15) is 4.79 Å². The second-order valence-corrected chi connectivity index (χ2v) is 17.0. The van der Waals surface area contributed by atoms with Gasteiger partial charge in [-0.2, -0.15) is 0 Å². The summed E-state index contributed by atoms with van der Waals surface area (Å²) in [5.74, 6) is 2.40. The summed E-state index contributed by atoms with van der Waals surface area (Å²) in [5.41, 5.74) is 1.68. The van der Waals surface area contributed by atoms with Gasteiger partial charge in [0, 0.05) is 11.1 Å². The van der Waals surface area contributed by atoms with Crippen LogP contribution in [-0.2, 0) is 9.22 Å². The molecule has 1 saturated heterocycles. The fourth-order valence-corrected chi connectivity index (χ4v) is 8.30. The SMILES string of the molecule is CC(C)(C)[Si](C)(C)OC1CC(=O)NC2=CC[C@H]3[C@@H]4CCC[C@@]4(C)CC[C@@H]3[C@]21C. The number of carbonyl (C=O) groups is 1. The number of fused-ring (bicyclic) bond motifs is 5. The van der Waals surface area contributed by atoms with E-state index in [0.717, 1.165) is 18.3 Å². The van der Waals surface area contributed by atoms with Crippen molar-refractivity contribution in [1.29, 1.82) is 0 Å². The third-order valence-corrected chi connectivity index (χ3v) is 14.2. The van der Waals surface area contributed by atoms with Gasteiger partial charge in [0.1, 0.15) is 0 Å². The molecule has 3 nitrogen and oxygen atoms in total. The Morgan fingerprint density at radius 3 is 2.54 bits per heavy atom. The number of piperidine rings is 1. The predicted molar refractivity (Wildman–Crippen MR) is 117 cm³/mol. The lowest BCUT2D eigenvalue weighted by molar-refractivity contribution is -0.133. The van der Waals surface area contributed by atoms with E-state index in [-0.39, 0.29) is 22.5 Å². The van der Waals surface area contributed by atoms with Crippen molar-refractivity contribution in [1.82, 2.24) is 5.32 Å². The van der Waals surface area contributed by atoms with Crippen LogP contribution in [-0.4, -0.2) is 20.3 Å². The molecular weight excluding hydrogens is 362 g/mol. The molecule has 0 aromatic heterocycles. The Bertz CT molecular complexity index is 693. The Labute approximate surface area is 173 Å². The Morgan fingerprint density at radius 2 is 1.86 bits per heavy atom. The summed E-state index contributed by atoms with van der Waals surface area (Å²) in [5, 5.41) is 3.43. The number of carbonyl (C=O) groups excluding carboxylic acids is 1. The quantitative estimate of drug-likeness (QED) is 0.572. The highest BCUT2D eigenvalue weighted by atomic mass is 28.4. The summed E-state index contributed by atoms with van der Waals surface area (Å²) < 4.78 is 7.01. The number of nitrogens with one attached hydrogen (secondary N) is 1. The van der Waals surface area contributed by atoms with E-state index < -0.39 is 8.32 Å². The van der Waals surface area contributed by atoms with Crippen LogP contribution in [0, 0.1) is 28.6 Å². The summed E-state index contributed by atoms with van der Waals surface area (Å²) in [4.78, 5) is 12.6. The second kappa shape index (κ2) is 6.44. The van der Waals surface area contributed by atoms with Crippen molar-refractivity contribution in [2.24, 2.45) is 28.6 Å². The van der Waals surface area contributed by atoms with Crippen molar-refractivity contribution < 1.29 is 9.22 Å². The highest BCUT2D eigenvalue weighted by Crippen LogP contribution is 2.64.